The summed E-state index contributed by atoms with van der Waals surface area (Å²) in [5.74, 6) is -0.972. The second kappa shape index (κ2) is 4.54. The number of hydrogen-bond donors (Lipinski definition) is 2. The minimum Gasteiger partial charge on any atom is -0.480 e. The number of nitrogens with two attached hydrogens (primary N) is 1. The van der Waals surface area contributed by atoms with E-state index in [0.717, 1.165) is 13.1 Å². The molecule has 0 spiro atoms. The average molecular weight is 329 g/mol. The summed E-state index contributed by atoms with van der Waals surface area (Å²) in [5.41, 5.74) is 5.38. The van der Waals surface area contributed by atoms with Gasteiger partial charge in [-0.25, -0.2) is 0 Å². The van der Waals surface area contributed by atoms with E-state index in [0.29, 0.717) is 6.42 Å². The zero-order valence-electron chi connectivity index (χ0n) is 6.46. The van der Waals surface area contributed by atoms with Gasteiger partial charge in [-0.15, -0.1) is 11.3 Å². The Balaban J connectivity index is 2.69. The third-order valence-corrected chi connectivity index (χ3v) is 4.71. The SMILES string of the molecule is N[C@H](Cc1cc(Br)c(Br)s1)C(=O)O. The van der Waals surface area contributed by atoms with Gasteiger partial charge in [-0.3, -0.25) is 4.79 Å². The van der Waals surface area contributed by atoms with Crippen LogP contribution in [-0.2, 0) is 11.2 Å². The van der Waals surface area contributed by atoms with Gasteiger partial charge in [0.25, 0.3) is 0 Å². The topological polar surface area (TPSA) is 63.3 Å². The standard InChI is InChI=1S/C7H7Br2NO2S/c8-4-1-3(13-6(4)9)2-5(10)7(11)12/h1,5H,2,10H2,(H,11,12)/t5-/m1/s1. The lowest BCUT2D eigenvalue weighted by Gasteiger charge is -2.02. The zero-order chi connectivity index (χ0) is 10.0. The fourth-order valence-corrected chi connectivity index (χ4v) is 3.03. The number of hydrogen-bond acceptors (Lipinski definition) is 3. The summed E-state index contributed by atoms with van der Waals surface area (Å²) in [6.07, 6.45) is 0.365. The summed E-state index contributed by atoms with van der Waals surface area (Å²) < 4.78 is 1.89. The zero-order valence-corrected chi connectivity index (χ0v) is 10.4. The quantitative estimate of drug-likeness (QED) is 0.894. The number of thiophene rings is 1. The smallest absolute Gasteiger partial charge is 0.320 e. The van der Waals surface area contributed by atoms with Crippen molar-refractivity contribution in [2.45, 2.75) is 12.5 Å². The summed E-state index contributed by atoms with van der Waals surface area (Å²) in [7, 11) is 0. The molecule has 0 bridgehead atoms. The lowest BCUT2D eigenvalue weighted by atomic mass is 10.2. The maximum atomic E-state index is 10.5. The first-order chi connectivity index (χ1) is 6.00. The molecule has 0 fully saturated rings. The molecule has 0 amide bonds. The van der Waals surface area contributed by atoms with Crippen molar-refractivity contribution in [3.8, 4) is 0 Å². The molecule has 13 heavy (non-hydrogen) atoms. The Morgan fingerprint density at radius 2 is 2.31 bits per heavy atom. The van der Waals surface area contributed by atoms with E-state index in [1.165, 1.54) is 11.3 Å². The largest absolute Gasteiger partial charge is 0.480 e. The van der Waals surface area contributed by atoms with Gasteiger partial charge in [0, 0.05) is 15.8 Å². The van der Waals surface area contributed by atoms with Crippen molar-refractivity contribution in [3.63, 3.8) is 0 Å². The molecular weight excluding hydrogens is 322 g/mol. The normalized spacial score (nSPS) is 12.8. The summed E-state index contributed by atoms with van der Waals surface area (Å²) in [5, 5.41) is 8.58. The van der Waals surface area contributed by atoms with Crippen molar-refractivity contribution in [2.75, 3.05) is 0 Å². The lowest BCUT2D eigenvalue weighted by Crippen LogP contribution is -2.31. The van der Waals surface area contributed by atoms with E-state index in [1.54, 1.807) is 0 Å². The lowest BCUT2D eigenvalue weighted by molar-refractivity contribution is -0.138. The molecule has 0 aromatic carbocycles. The van der Waals surface area contributed by atoms with Crippen LogP contribution in [0.2, 0.25) is 0 Å². The Hall–Kier alpha value is 0.0900. The second-order valence-corrected chi connectivity index (χ2v) is 5.79. The molecule has 3 N–H and O–H groups in total. The Labute approximate surface area is 96.2 Å². The molecule has 0 saturated carbocycles. The van der Waals surface area contributed by atoms with Gasteiger partial charge in [0.1, 0.15) is 6.04 Å². The van der Waals surface area contributed by atoms with Gasteiger partial charge in [0.2, 0.25) is 0 Å². The van der Waals surface area contributed by atoms with Gasteiger partial charge < -0.3 is 10.8 Å². The van der Waals surface area contributed by atoms with Crippen LogP contribution in [0.3, 0.4) is 0 Å². The van der Waals surface area contributed by atoms with Crippen LogP contribution >= 0.6 is 43.2 Å². The molecule has 1 rings (SSSR count). The monoisotopic (exact) mass is 327 g/mol. The van der Waals surface area contributed by atoms with Crippen LogP contribution in [0.25, 0.3) is 0 Å². The Kier molecular flexibility index (Phi) is 3.90. The third kappa shape index (κ3) is 3.05. The minimum atomic E-state index is -0.972. The minimum absolute atomic E-state index is 0.365. The summed E-state index contributed by atoms with van der Waals surface area (Å²) in [6, 6.07) is 1.05. The molecule has 0 aliphatic rings. The van der Waals surface area contributed by atoms with Crippen molar-refractivity contribution < 1.29 is 9.90 Å². The highest BCUT2D eigenvalue weighted by molar-refractivity contribution is 9.13. The van der Waals surface area contributed by atoms with E-state index in [-0.39, 0.29) is 0 Å². The molecule has 6 heteroatoms. The number of halogens is 2. The highest BCUT2D eigenvalue weighted by Gasteiger charge is 2.14. The molecule has 0 aliphatic heterocycles. The molecular formula is C7H7Br2NO2S. The van der Waals surface area contributed by atoms with Crippen molar-refractivity contribution >= 4 is 49.2 Å². The first kappa shape index (κ1) is 11.2. The van der Waals surface area contributed by atoms with E-state index in [1.807, 2.05) is 6.07 Å². The highest BCUT2D eigenvalue weighted by atomic mass is 79.9. The number of carbonyl (C=O) groups is 1. The maximum absolute atomic E-state index is 10.5. The van der Waals surface area contributed by atoms with Crippen LogP contribution in [0.4, 0.5) is 0 Å². The van der Waals surface area contributed by atoms with Crippen LogP contribution in [0.5, 0.6) is 0 Å². The summed E-state index contributed by atoms with van der Waals surface area (Å²) in [6.45, 7) is 0. The Morgan fingerprint density at radius 1 is 1.69 bits per heavy atom. The van der Waals surface area contributed by atoms with Gasteiger partial charge in [0.15, 0.2) is 0 Å². The average Bonchev–Trinajstić information content (AvgIpc) is 2.31. The summed E-state index contributed by atoms with van der Waals surface area (Å²) >= 11 is 8.13. The molecule has 1 atom stereocenters. The van der Waals surface area contributed by atoms with E-state index >= 15 is 0 Å². The molecule has 3 nitrogen and oxygen atoms in total. The first-order valence-electron chi connectivity index (χ1n) is 3.43. The molecule has 0 saturated heterocycles. The van der Waals surface area contributed by atoms with Gasteiger partial charge in [-0.05, 0) is 37.9 Å². The van der Waals surface area contributed by atoms with E-state index < -0.39 is 12.0 Å². The van der Waals surface area contributed by atoms with Gasteiger partial charge >= 0.3 is 5.97 Å². The van der Waals surface area contributed by atoms with Crippen LogP contribution in [-0.4, -0.2) is 17.1 Å². The van der Waals surface area contributed by atoms with Crippen molar-refractivity contribution in [3.05, 3.63) is 19.2 Å². The first-order valence-corrected chi connectivity index (χ1v) is 5.83. The van der Waals surface area contributed by atoms with Crippen LogP contribution in [0, 0.1) is 0 Å². The molecule has 0 unspecified atom stereocenters. The van der Waals surface area contributed by atoms with Crippen LogP contribution in [0.1, 0.15) is 4.88 Å². The molecule has 72 valence electrons. The number of rotatable bonds is 3. The highest BCUT2D eigenvalue weighted by Crippen LogP contribution is 2.32. The van der Waals surface area contributed by atoms with E-state index in [2.05, 4.69) is 31.9 Å². The Bertz CT molecular complexity index is 307. The number of carboxylic acid groups (broad SMARTS) is 1. The molecule has 1 aromatic heterocycles. The Morgan fingerprint density at radius 3 is 2.69 bits per heavy atom. The van der Waals surface area contributed by atoms with Crippen LogP contribution < -0.4 is 5.73 Å². The fourth-order valence-electron chi connectivity index (χ4n) is 0.796. The molecule has 1 aromatic rings. The molecule has 0 aliphatic carbocycles. The predicted octanol–water partition coefficient (Wildman–Crippen LogP) is 2.23. The second-order valence-electron chi connectivity index (χ2n) is 2.48. The fraction of sp³-hybridized carbons (Fsp3) is 0.286. The van der Waals surface area contributed by atoms with Crippen molar-refractivity contribution in [2.24, 2.45) is 5.73 Å². The molecule has 0 radical (unpaired) electrons. The van der Waals surface area contributed by atoms with E-state index in [4.69, 9.17) is 10.8 Å². The van der Waals surface area contributed by atoms with E-state index in [9.17, 15) is 4.79 Å². The molecule has 1 heterocycles. The predicted molar refractivity (Wildman–Crippen MR) is 59.0 cm³/mol. The van der Waals surface area contributed by atoms with Crippen molar-refractivity contribution in [1.82, 2.24) is 0 Å². The van der Waals surface area contributed by atoms with Crippen molar-refractivity contribution in [1.29, 1.82) is 0 Å². The third-order valence-electron chi connectivity index (χ3n) is 1.43. The van der Waals surface area contributed by atoms with Crippen LogP contribution in [0.15, 0.2) is 14.3 Å². The number of aliphatic carboxylic acids is 1. The summed E-state index contributed by atoms with van der Waals surface area (Å²) in [4.78, 5) is 11.4. The van der Waals surface area contributed by atoms with Gasteiger partial charge in [0.05, 0.1) is 3.79 Å². The van der Waals surface area contributed by atoms with Gasteiger partial charge in [-0.2, -0.15) is 0 Å². The van der Waals surface area contributed by atoms with Gasteiger partial charge in [-0.1, -0.05) is 0 Å². The maximum Gasteiger partial charge on any atom is 0.320 e. The number of carboxylic acids is 1.